The first-order valence-corrected chi connectivity index (χ1v) is 9.51. The van der Waals surface area contributed by atoms with Gasteiger partial charge in [-0.1, -0.05) is 6.42 Å². The molecule has 8 nitrogen and oxygen atoms in total. The van der Waals surface area contributed by atoms with E-state index in [1.54, 1.807) is 6.07 Å². The van der Waals surface area contributed by atoms with Crippen LogP contribution in [0.5, 0.6) is 0 Å². The number of imidazole rings is 1. The summed E-state index contributed by atoms with van der Waals surface area (Å²) in [6.45, 7) is 4.85. The minimum Gasteiger partial charge on any atom is -0.326 e. The SMILES string of the molecule is CCN(C(=O)c1cc(C)nc2c1nc1n2CCCCC1)C1CC(=O)NC1=O. The van der Waals surface area contributed by atoms with Crippen molar-refractivity contribution in [3.05, 3.63) is 23.1 Å². The van der Waals surface area contributed by atoms with Crippen LogP contribution >= 0.6 is 0 Å². The summed E-state index contributed by atoms with van der Waals surface area (Å²) in [5.41, 5.74) is 2.51. The number of aryl methyl sites for hydroxylation is 3. The molecule has 1 fully saturated rings. The largest absolute Gasteiger partial charge is 0.326 e. The fraction of sp³-hybridized carbons (Fsp3) is 0.526. The van der Waals surface area contributed by atoms with Crippen molar-refractivity contribution >= 4 is 28.9 Å². The minimum absolute atomic E-state index is 0.00527. The zero-order chi connectivity index (χ0) is 19.1. The van der Waals surface area contributed by atoms with Crippen LogP contribution in [-0.4, -0.2) is 49.7 Å². The van der Waals surface area contributed by atoms with Gasteiger partial charge in [-0.2, -0.15) is 0 Å². The van der Waals surface area contributed by atoms with Crippen molar-refractivity contribution in [3.63, 3.8) is 0 Å². The Labute approximate surface area is 156 Å². The number of carbonyl (C=O) groups is 3. The highest BCUT2D eigenvalue weighted by molar-refractivity contribution is 6.10. The van der Waals surface area contributed by atoms with E-state index in [0.29, 0.717) is 17.6 Å². The Morgan fingerprint density at radius 1 is 1.30 bits per heavy atom. The van der Waals surface area contributed by atoms with Crippen molar-refractivity contribution in [3.8, 4) is 0 Å². The number of fused-ring (bicyclic) bond motifs is 3. The zero-order valence-corrected chi connectivity index (χ0v) is 15.6. The number of hydrogen-bond acceptors (Lipinski definition) is 5. The predicted molar refractivity (Wildman–Crippen MR) is 98.1 cm³/mol. The summed E-state index contributed by atoms with van der Waals surface area (Å²) in [5, 5.41) is 2.28. The fourth-order valence-corrected chi connectivity index (χ4v) is 4.03. The molecule has 0 radical (unpaired) electrons. The first-order valence-electron chi connectivity index (χ1n) is 9.51. The number of nitrogens with one attached hydrogen (secondary N) is 1. The second-order valence-electron chi connectivity index (χ2n) is 7.20. The van der Waals surface area contributed by atoms with E-state index < -0.39 is 11.9 Å². The summed E-state index contributed by atoms with van der Waals surface area (Å²) in [5.74, 6) is -0.0820. The fourth-order valence-electron chi connectivity index (χ4n) is 4.03. The molecule has 2 aromatic heterocycles. The molecule has 1 saturated heterocycles. The van der Waals surface area contributed by atoms with Crippen molar-refractivity contribution in [2.45, 2.75) is 58.5 Å². The maximum Gasteiger partial charge on any atom is 0.256 e. The number of amides is 3. The normalized spacial score (nSPS) is 19.7. The molecule has 4 rings (SSSR count). The van der Waals surface area contributed by atoms with Gasteiger partial charge in [0.15, 0.2) is 5.65 Å². The summed E-state index contributed by atoms with van der Waals surface area (Å²) in [4.78, 5) is 47.8. The molecule has 0 aliphatic carbocycles. The second-order valence-corrected chi connectivity index (χ2v) is 7.20. The molecule has 3 amide bonds. The lowest BCUT2D eigenvalue weighted by molar-refractivity contribution is -0.126. The lowest BCUT2D eigenvalue weighted by atomic mass is 10.1. The molecule has 1 unspecified atom stereocenters. The van der Waals surface area contributed by atoms with Crippen LogP contribution in [0.4, 0.5) is 0 Å². The third-order valence-corrected chi connectivity index (χ3v) is 5.34. The molecular formula is C19H23N5O3. The molecule has 2 aromatic rings. The molecule has 0 aromatic carbocycles. The van der Waals surface area contributed by atoms with Gasteiger partial charge in [-0.3, -0.25) is 19.7 Å². The lowest BCUT2D eigenvalue weighted by Gasteiger charge is -2.25. The van der Waals surface area contributed by atoms with Crippen LogP contribution < -0.4 is 5.32 Å². The molecule has 0 bridgehead atoms. The Bertz CT molecular complexity index is 948. The number of likely N-dealkylation sites (N-methyl/N-ethyl adjacent to an activating group) is 1. The molecule has 4 heterocycles. The first kappa shape index (κ1) is 17.6. The van der Waals surface area contributed by atoms with Gasteiger partial charge in [0.2, 0.25) is 11.8 Å². The lowest BCUT2D eigenvalue weighted by Crippen LogP contribution is -2.44. The molecule has 2 aliphatic rings. The van der Waals surface area contributed by atoms with Gasteiger partial charge < -0.3 is 9.47 Å². The summed E-state index contributed by atoms with van der Waals surface area (Å²) in [7, 11) is 0. The Morgan fingerprint density at radius 3 is 2.81 bits per heavy atom. The first-order chi connectivity index (χ1) is 13.0. The average molecular weight is 369 g/mol. The number of aromatic nitrogens is 3. The zero-order valence-electron chi connectivity index (χ0n) is 15.6. The third kappa shape index (κ3) is 2.98. The number of hydrogen-bond donors (Lipinski definition) is 1. The highest BCUT2D eigenvalue weighted by Gasteiger charge is 2.38. The maximum absolute atomic E-state index is 13.3. The van der Waals surface area contributed by atoms with Crippen molar-refractivity contribution in [2.75, 3.05) is 6.54 Å². The van der Waals surface area contributed by atoms with Crippen LogP contribution in [0.2, 0.25) is 0 Å². The third-order valence-electron chi connectivity index (χ3n) is 5.34. The van der Waals surface area contributed by atoms with Crippen LogP contribution in [-0.2, 0) is 22.6 Å². The monoisotopic (exact) mass is 369 g/mol. The van der Waals surface area contributed by atoms with Crippen molar-refractivity contribution in [1.82, 2.24) is 24.8 Å². The molecule has 1 atom stereocenters. The van der Waals surface area contributed by atoms with Gasteiger partial charge in [0, 0.05) is 25.2 Å². The van der Waals surface area contributed by atoms with Crippen molar-refractivity contribution in [2.24, 2.45) is 0 Å². The van der Waals surface area contributed by atoms with E-state index in [4.69, 9.17) is 4.98 Å². The van der Waals surface area contributed by atoms with Gasteiger partial charge in [0.05, 0.1) is 12.0 Å². The van der Waals surface area contributed by atoms with E-state index in [1.165, 1.54) is 4.90 Å². The quantitative estimate of drug-likeness (QED) is 0.824. The van der Waals surface area contributed by atoms with Gasteiger partial charge in [-0.15, -0.1) is 0 Å². The molecule has 142 valence electrons. The summed E-state index contributed by atoms with van der Waals surface area (Å²) in [6.07, 6.45) is 4.20. The van der Waals surface area contributed by atoms with E-state index in [1.807, 2.05) is 13.8 Å². The Hall–Kier alpha value is -2.77. The number of imide groups is 1. The van der Waals surface area contributed by atoms with Crippen LogP contribution in [0.3, 0.4) is 0 Å². The van der Waals surface area contributed by atoms with E-state index in [0.717, 1.165) is 49.4 Å². The second kappa shape index (κ2) is 6.75. The van der Waals surface area contributed by atoms with E-state index in [2.05, 4.69) is 14.9 Å². The van der Waals surface area contributed by atoms with Gasteiger partial charge in [-0.25, -0.2) is 9.97 Å². The van der Waals surface area contributed by atoms with E-state index >= 15 is 0 Å². The van der Waals surface area contributed by atoms with Crippen LogP contribution in [0.1, 0.15) is 54.5 Å². The van der Waals surface area contributed by atoms with Crippen LogP contribution in [0, 0.1) is 6.92 Å². The van der Waals surface area contributed by atoms with Gasteiger partial charge in [0.1, 0.15) is 17.4 Å². The highest BCUT2D eigenvalue weighted by atomic mass is 16.2. The Balaban J connectivity index is 1.79. The maximum atomic E-state index is 13.3. The molecular weight excluding hydrogens is 346 g/mol. The molecule has 2 aliphatic heterocycles. The number of pyridine rings is 1. The van der Waals surface area contributed by atoms with Crippen LogP contribution in [0.25, 0.3) is 11.2 Å². The minimum atomic E-state index is -0.765. The summed E-state index contributed by atoms with van der Waals surface area (Å²) < 4.78 is 2.12. The van der Waals surface area contributed by atoms with E-state index in [9.17, 15) is 14.4 Å². The Kier molecular flexibility index (Phi) is 4.41. The number of rotatable bonds is 3. The van der Waals surface area contributed by atoms with Gasteiger partial charge >= 0.3 is 0 Å². The van der Waals surface area contributed by atoms with Gasteiger partial charge in [0.25, 0.3) is 5.91 Å². The standard InChI is InChI=1S/C19H23N5O3/c1-3-23(13-10-15(25)22-18(13)26)19(27)12-9-11(2)20-17-16(12)21-14-7-5-4-6-8-24(14)17/h9,13H,3-8,10H2,1-2H3,(H,22,25,26). The van der Waals surface area contributed by atoms with Gasteiger partial charge in [-0.05, 0) is 32.8 Å². The molecule has 1 N–H and O–H groups in total. The smallest absolute Gasteiger partial charge is 0.256 e. The highest BCUT2D eigenvalue weighted by Crippen LogP contribution is 2.26. The summed E-state index contributed by atoms with van der Waals surface area (Å²) >= 11 is 0. The topological polar surface area (TPSA) is 97.2 Å². The molecule has 8 heteroatoms. The number of nitrogens with zero attached hydrogens (tertiary/aromatic N) is 4. The average Bonchev–Trinajstić information content (AvgIpc) is 3.04. The molecule has 27 heavy (non-hydrogen) atoms. The van der Waals surface area contributed by atoms with Crippen LogP contribution in [0.15, 0.2) is 6.07 Å². The molecule has 0 spiro atoms. The van der Waals surface area contributed by atoms with Crippen molar-refractivity contribution in [1.29, 1.82) is 0 Å². The van der Waals surface area contributed by atoms with Crippen molar-refractivity contribution < 1.29 is 14.4 Å². The summed E-state index contributed by atoms with van der Waals surface area (Å²) in [6, 6.07) is 0.966. The molecule has 0 saturated carbocycles. The Morgan fingerprint density at radius 2 is 2.11 bits per heavy atom. The van der Waals surface area contributed by atoms with E-state index in [-0.39, 0.29) is 18.2 Å². The number of carbonyl (C=O) groups excluding carboxylic acids is 3. The predicted octanol–water partition coefficient (Wildman–Crippen LogP) is 1.34.